The van der Waals surface area contributed by atoms with Crippen LogP contribution in [0.4, 0.5) is 4.79 Å². The summed E-state index contributed by atoms with van der Waals surface area (Å²) in [6, 6.07) is 13.8. The van der Waals surface area contributed by atoms with Gasteiger partial charge in [0.05, 0.1) is 0 Å². The molecule has 0 aliphatic rings. The molecule has 0 saturated carbocycles. The molecular weight excluding hydrogens is 502 g/mol. The number of nitrogens with one attached hydrogen (secondary N) is 2. The molecule has 2 aromatic carbocycles. The summed E-state index contributed by atoms with van der Waals surface area (Å²) in [5.41, 5.74) is 2.92. The summed E-state index contributed by atoms with van der Waals surface area (Å²) >= 11 is 0. The van der Waals surface area contributed by atoms with Crippen molar-refractivity contribution < 1.29 is 19.1 Å². The zero-order valence-electron chi connectivity index (χ0n) is 25.7. The van der Waals surface area contributed by atoms with E-state index in [2.05, 4.69) is 24.5 Å². The zero-order chi connectivity index (χ0) is 29.9. The third-order valence-corrected chi connectivity index (χ3v) is 6.71. The van der Waals surface area contributed by atoms with Gasteiger partial charge in [0.2, 0.25) is 11.8 Å². The minimum atomic E-state index is -0.914. The molecule has 220 valence electrons. The molecule has 0 saturated heterocycles. The summed E-state index contributed by atoms with van der Waals surface area (Å²) in [5, 5.41) is 5.98. The fraction of sp³-hybridized carbons (Fsp3) is 0.545. The number of carbonyl (C=O) groups excluding carboxylic acids is 3. The average Bonchev–Trinajstić information content (AvgIpc) is 2.87. The maximum Gasteiger partial charge on any atom is 0.408 e. The lowest BCUT2D eigenvalue weighted by molar-refractivity contribution is -0.142. The molecule has 0 fully saturated rings. The van der Waals surface area contributed by atoms with Gasteiger partial charge in [-0.1, -0.05) is 80.8 Å². The highest BCUT2D eigenvalue weighted by molar-refractivity contribution is 5.92. The zero-order valence-corrected chi connectivity index (χ0v) is 25.7. The van der Waals surface area contributed by atoms with E-state index in [1.165, 1.54) is 0 Å². The molecule has 0 aliphatic heterocycles. The van der Waals surface area contributed by atoms with Crippen molar-refractivity contribution in [2.75, 3.05) is 6.54 Å². The van der Waals surface area contributed by atoms with Crippen molar-refractivity contribution in [2.45, 2.75) is 111 Å². The van der Waals surface area contributed by atoms with Crippen LogP contribution in [-0.2, 0) is 20.7 Å². The van der Waals surface area contributed by atoms with E-state index < -0.39 is 23.8 Å². The molecule has 40 heavy (non-hydrogen) atoms. The van der Waals surface area contributed by atoms with E-state index in [1.54, 1.807) is 25.7 Å². The SMILES string of the molecule is CCCCN(C(=O)C(Cc1ccccc1)NC(=O)OC(C)(C)C)C(C(=O)NC(C)CCC)c1cc(C)ccc1C. The fourth-order valence-corrected chi connectivity index (χ4v) is 4.73. The monoisotopic (exact) mass is 551 g/mol. The number of alkyl carbamates (subject to hydrolysis) is 1. The Morgan fingerprint density at radius 3 is 2.23 bits per heavy atom. The fourth-order valence-electron chi connectivity index (χ4n) is 4.73. The first-order valence-electron chi connectivity index (χ1n) is 14.6. The number of hydrogen-bond acceptors (Lipinski definition) is 4. The lowest BCUT2D eigenvalue weighted by atomic mass is 9.95. The Hall–Kier alpha value is -3.35. The van der Waals surface area contributed by atoms with Gasteiger partial charge in [0, 0.05) is 19.0 Å². The van der Waals surface area contributed by atoms with Crippen LogP contribution in [0.3, 0.4) is 0 Å². The van der Waals surface area contributed by atoms with Crippen LogP contribution < -0.4 is 10.6 Å². The third-order valence-electron chi connectivity index (χ3n) is 6.71. The largest absolute Gasteiger partial charge is 0.444 e. The van der Waals surface area contributed by atoms with Crippen molar-refractivity contribution in [2.24, 2.45) is 0 Å². The summed E-state index contributed by atoms with van der Waals surface area (Å²) < 4.78 is 5.52. The molecule has 0 radical (unpaired) electrons. The van der Waals surface area contributed by atoms with Gasteiger partial charge >= 0.3 is 6.09 Å². The Labute approximate surface area is 241 Å². The van der Waals surface area contributed by atoms with Crippen LogP contribution >= 0.6 is 0 Å². The summed E-state index contributed by atoms with van der Waals surface area (Å²) in [6.07, 6.45) is 2.95. The normalized spacial score (nSPS) is 13.6. The van der Waals surface area contributed by atoms with Crippen LogP contribution in [0.5, 0.6) is 0 Å². The van der Waals surface area contributed by atoms with Gasteiger partial charge in [-0.25, -0.2) is 4.79 Å². The van der Waals surface area contributed by atoms with Crippen LogP contribution in [-0.4, -0.2) is 47.0 Å². The van der Waals surface area contributed by atoms with Gasteiger partial charge < -0.3 is 20.3 Å². The molecule has 2 rings (SSSR count). The van der Waals surface area contributed by atoms with E-state index in [0.717, 1.165) is 47.9 Å². The lowest BCUT2D eigenvalue weighted by Gasteiger charge is -2.36. The highest BCUT2D eigenvalue weighted by Gasteiger charge is 2.37. The summed E-state index contributed by atoms with van der Waals surface area (Å²) in [6.45, 7) is 15.8. The van der Waals surface area contributed by atoms with Gasteiger partial charge in [0.25, 0.3) is 0 Å². The maximum absolute atomic E-state index is 14.5. The lowest BCUT2D eigenvalue weighted by Crippen LogP contribution is -2.54. The highest BCUT2D eigenvalue weighted by atomic mass is 16.6. The van der Waals surface area contributed by atoms with Crippen LogP contribution in [0, 0.1) is 13.8 Å². The number of ether oxygens (including phenoxy) is 1. The highest BCUT2D eigenvalue weighted by Crippen LogP contribution is 2.28. The van der Waals surface area contributed by atoms with Crippen molar-refractivity contribution in [3.8, 4) is 0 Å². The van der Waals surface area contributed by atoms with E-state index in [9.17, 15) is 14.4 Å². The molecule has 0 aliphatic carbocycles. The number of benzene rings is 2. The standard InChI is InChI=1S/C33H49N3O4/c1-9-11-20-36(29(30(37)34-25(5)15-10-2)27-21-23(3)18-19-24(27)4)31(38)28(22-26-16-13-12-14-17-26)35-32(39)40-33(6,7)8/h12-14,16-19,21,25,28-29H,9-11,15,20,22H2,1-8H3,(H,34,37)(H,35,39). The predicted octanol–water partition coefficient (Wildman–Crippen LogP) is 6.41. The van der Waals surface area contributed by atoms with Crippen LogP contribution in [0.25, 0.3) is 0 Å². The molecule has 0 heterocycles. The topological polar surface area (TPSA) is 87.7 Å². The van der Waals surface area contributed by atoms with Crippen molar-refractivity contribution in [1.82, 2.24) is 15.5 Å². The Morgan fingerprint density at radius 1 is 0.950 bits per heavy atom. The van der Waals surface area contributed by atoms with E-state index in [4.69, 9.17) is 4.74 Å². The number of carbonyl (C=O) groups is 3. The summed E-state index contributed by atoms with van der Waals surface area (Å²) in [4.78, 5) is 43.0. The summed E-state index contributed by atoms with van der Waals surface area (Å²) in [5.74, 6) is -0.526. The van der Waals surface area contributed by atoms with E-state index in [-0.39, 0.29) is 24.3 Å². The van der Waals surface area contributed by atoms with Gasteiger partial charge in [0.1, 0.15) is 17.7 Å². The number of nitrogens with zero attached hydrogens (tertiary/aromatic N) is 1. The second-order valence-electron chi connectivity index (χ2n) is 11.7. The second-order valence-corrected chi connectivity index (χ2v) is 11.7. The third kappa shape index (κ3) is 10.3. The molecule has 0 spiro atoms. The molecule has 2 N–H and O–H groups in total. The van der Waals surface area contributed by atoms with E-state index in [1.807, 2.05) is 69.3 Å². The number of aryl methyl sites for hydroxylation is 2. The molecule has 3 unspecified atom stereocenters. The molecule has 3 atom stereocenters. The predicted molar refractivity (Wildman–Crippen MR) is 161 cm³/mol. The number of amides is 3. The molecule has 7 heteroatoms. The van der Waals surface area contributed by atoms with Crippen molar-refractivity contribution >= 4 is 17.9 Å². The van der Waals surface area contributed by atoms with Crippen molar-refractivity contribution in [1.29, 1.82) is 0 Å². The number of rotatable bonds is 13. The smallest absolute Gasteiger partial charge is 0.408 e. The van der Waals surface area contributed by atoms with Crippen molar-refractivity contribution in [3.63, 3.8) is 0 Å². The van der Waals surface area contributed by atoms with E-state index >= 15 is 0 Å². The minimum Gasteiger partial charge on any atom is -0.444 e. The first kappa shape index (κ1) is 32.9. The van der Waals surface area contributed by atoms with Crippen LogP contribution in [0.15, 0.2) is 48.5 Å². The Morgan fingerprint density at radius 2 is 1.62 bits per heavy atom. The van der Waals surface area contributed by atoms with Crippen LogP contribution in [0.1, 0.15) is 95.5 Å². The number of unbranched alkanes of at least 4 members (excludes halogenated alkanes) is 1. The first-order valence-corrected chi connectivity index (χ1v) is 14.6. The molecule has 2 aromatic rings. The summed E-state index contributed by atoms with van der Waals surface area (Å²) in [7, 11) is 0. The first-order chi connectivity index (χ1) is 18.9. The molecule has 0 bridgehead atoms. The van der Waals surface area contributed by atoms with E-state index in [0.29, 0.717) is 6.54 Å². The molecule has 3 amide bonds. The average molecular weight is 552 g/mol. The van der Waals surface area contributed by atoms with Gasteiger partial charge in [-0.05, 0) is 71.1 Å². The quantitative estimate of drug-likeness (QED) is 0.301. The Bertz CT molecular complexity index is 1110. The maximum atomic E-state index is 14.5. The molecule has 7 nitrogen and oxygen atoms in total. The van der Waals surface area contributed by atoms with Gasteiger partial charge in [0.15, 0.2) is 0 Å². The molecule has 0 aromatic heterocycles. The Balaban J connectivity index is 2.59. The Kier molecular flexibility index (Phi) is 12.7. The van der Waals surface area contributed by atoms with Gasteiger partial charge in [-0.2, -0.15) is 0 Å². The van der Waals surface area contributed by atoms with Crippen molar-refractivity contribution in [3.05, 3.63) is 70.8 Å². The minimum absolute atomic E-state index is 0.0340. The van der Waals surface area contributed by atoms with Crippen LogP contribution in [0.2, 0.25) is 0 Å². The van der Waals surface area contributed by atoms with Gasteiger partial charge in [-0.15, -0.1) is 0 Å². The second kappa shape index (κ2) is 15.4. The van der Waals surface area contributed by atoms with Gasteiger partial charge in [-0.3, -0.25) is 9.59 Å². The molecular formula is C33H49N3O4. The number of hydrogen-bond donors (Lipinski definition) is 2.